The standard InChI is InChI=1S/C24H31N5O2S/c1-16-3-5-17(6-4-16)18-9-12-29(13-10-18)24-26-20-11-14-32(31)22(20)23(27-24)25-19-7-8-21(30)28(2)15-19/h3-6,18-19H,7-15H2,1-2H3,(H,25,26,27)/t19-,32?/m0/s1. The Labute approximate surface area is 192 Å². The Morgan fingerprint density at radius 2 is 1.81 bits per heavy atom. The van der Waals surface area contributed by atoms with E-state index in [1.54, 1.807) is 4.90 Å². The fraction of sp³-hybridized carbons (Fsp3) is 0.542. The summed E-state index contributed by atoms with van der Waals surface area (Å²) >= 11 is 0. The summed E-state index contributed by atoms with van der Waals surface area (Å²) in [5.41, 5.74) is 3.62. The molecule has 1 amide bonds. The molecule has 2 fully saturated rings. The molecular weight excluding hydrogens is 422 g/mol. The zero-order valence-electron chi connectivity index (χ0n) is 18.8. The van der Waals surface area contributed by atoms with E-state index >= 15 is 0 Å². The van der Waals surface area contributed by atoms with E-state index in [4.69, 9.17) is 9.97 Å². The number of fused-ring (bicyclic) bond motifs is 1. The summed E-state index contributed by atoms with van der Waals surface area (Å²) in [4.78, 5) is 26.4. The predicted octanol–water partition coefficient (Wildman–Crippen LogP) is 2.87. The zero-order valence-corrected chi connectivity index (χ0v) is 19.7. The smallest absolute Gasteiger partial charge is 0.227 e. The Morgan fingerprint density at radius 1 is 1.06 bits per heavy atom. The van der Waals surface area contributed by atoms with E-state index < -0.39 is 10.8 Å². The van der Waals surface area contributed by atoms with Crippen LogP contribution in [0, 0.1) is 6.92 Å². The van der Waals surface area contributed by atoms with Crippen molar-refractivity contribution in [1.82, 2.24) is 14.9 Å². The number of aromatic nitrogens is 2. The Balaban J connectivity index is 1.34. The van der Waals surface area contributed by atoms with Gasteiger partial charge in [-0.3, -0.25) is 9.00 Å². The number of nitrogens with zero attached hydrogens (tertiary/aromatic N) is 4. The molecule has 5 rings (SSSR count). The molecule has 0 spiro atoms. The van der Waals surface area contributed by atoms with Crippen molar-refractivity contribution >= 4 is 28.5 Å². The summed E-state index contributed by atoms with van der Waals surface area (Å²) in [5.74, 6) is 2.81. The third-order valence-corrected chi connectivity index (χ3v) is 8.43. The summed E-state index contributed by atoms with van der Waals surface area (Å²) in [6.45, 7) is 4.60. The van der Waals surface area contributed by atoms with Gasteiger partial charge in [-0.05, 0) is 37.7 Å². The quantitative estimate of drug-likeness (QED) is 0.767. The number of nitrogens with one attached hydrogen (secondary N) is 1. The number of hydrogen-bond acceptors (Lipinski definition) is 6. The minimum atomic E-state index is -1.06. The summed E-state index contributed by atoms with van der Waals surface area (Å²) in [6.07, 6.45) is 4.19. The largest absolute Gasteiger partial charge is 0.364 e. The number of amides is 1. The summed E-state index contributed by atoms with van der Waals surface area (Å²) in [5, 5.41) is 3.52. The third kappa shape index (κ3) is 4.25. The minimum absolute atomic E-state index is 0.120. The van der Waals surface area contributed by atoms with E-state index in [9.17, 15) is 9.00 Å². The minimum Gasteiger partial charge on any atom is -0.364 e. The zero-order chi connectivity index (χ0) is 22.2. The number of carbonyl (C=O) groups excluding carboxylic acids is 1. The first kappa shape index (κ1) is 21.4. The number of piperidine rings is 2. The van der Waals surface area contributed by atoms with E-state index in [-0.39, 0.29) is 11.9 Å². The van der Waals surface area contributed by atoms with Crippen LogP contribution in [0.3, 0.4) is 0 Å². The van der Waals surface area contributed by atoms with Gasteiger partial charge >= 0.3 is 0 Å². The van der Waals surface area contributed by atoms with E-state index in [1.807, 2.05) is 7.05 Å². The van der Waals surface area contributed by atoms with Crippen LogP contribution >= 0.6 is 0 Å². The van der Waals surface area contributed by atoms with Gasteiger partial charge in [-0.2, -0.15) is 4.98 Å². The molecule has 2 aromatic rings. The van der Waals surface area contributed by atoms with Crippen LogP contribution in [0.25, 0.3) is 0 Å². The first-order chi connectivity index (χ1) is 15.5. The third-order valence-electron chi connectivity index (χ3n) is 6.97. The molecule has 1 N–H and O–H groups in total. The average molecular weight is 454 g/mol. The maximum absolute atomic E-state index is 12.7. The molecule has 0 radical (unpaired) electrons. The number of carbonyl (C=O) groups is 1. The highest BCUT2D eigenvalue weighted by Crippen LogP contribution is 2.34. The molecule has 1 unspecified atom stereocenters. The van der Waals surface area contributed by atoms with Crippen molar-refractivity contribution in [2.24, 2.45) is 0 Å². The molecule has 2 saturated heterocycles. The van der Waals surface area contributed by atoms with Crippen molar-refractivity contribution < 1.29 is 9.00 Å². The highest BCUT2D eigenvalue weighted by Gasteiger charge is 2.31. The Kier molecular flexibility index (Phi) is 5.88. The second-order valence-corrected chi connectivity index (χ2v) is 10.8. The van der Waals surface area contributed by atoms with Gasteiger partial charge in [0, 0.05) is 51.3 Å². The van der Waals surface area contributed by atoms with Crippen LogP contribution in [0.5, 0.6) is 0 Å². The molecule has 3 aliphatic heterocycles. The summed E-state index contributed by atoms with van der Waals surface area (Å²) in [7, 11) is 0.774. The van der Waals surface area contributed by atoms with Crippen molar-refractivity contribution in [3.63, 3.8) is 0 Å². The Hall–Kier alpha value is -2.48. The Morgan fingerprint density at radius 3 is 2.53 bits per heavy atom. The predicted molar refractivity (Wildman–Crippen MR) is 127 cm³/mol. The number of likely N-dealkylation sites (tertiary alicyclic amines) is 1. The van der Waals surface area contributed by atoms with Crippen LogP contribution in [0.4, 0.5) is 11.8 Å². The maximum Gasteiger partial charge on any atom is 0.227 e. The number of rotatable bonds is 4. The number of benzene rings is 1. The molecule has 8 heteroatoms. The SMILES string of the molecule is Cc1ccc(C2CCN(c3nc4c(c(N[C@H]5CCC(=O)N(C)C5)n3)S(=O)CC4)CC2)cc1. The molecular formula is C24H31N5O2S. The van der Waals surface area contributed by atoms with E-state index in [0.717, 1.165) is 55.3 Å². The van der Waals surface area contributed by atoms with Crippen LogP contribution < -0.4 is 10.2 Å². The van der Waals surface area contributed by atoms with Crippen molar-refractivity contribution in [3.05, 3.63) is 41.1 Å². The molecule has 2 atom stereocenters. The highest BCUT2D eigenvalue weighted by molar-refractivity contribution is 7.85. The molecule has 1 aromatic carbocycles. The molecule has 32 heavy (non-hydrogen) atoms. The van der Waals surface area contributed by atoms with Crippen LogP contribution in [-0.2, 0) is 22.0 Å². The van der Waals surface area contributed by atoms with Crippen LogP contribution in [-0.4, -0.2) is 63.5 Å². The van der Waals surface area contributed by atoms with Crippen LogP contribution in [0.1, 0.15) is 48.4 Å². The topological polar surface area (TPSA) is 78.4 Å². The van der Waals surface area contributed by atoms with Gasteiger partial charge in [-0.25, -0.2) is 4.98 Å². The highest BCUT2D eigenvalue weighted by atomic mass is 32.2. The molecule has 0 bridgehead atoms. The lowest BCUT2D eigenvalue weighted by Gasteiger charge is -2.33. The van der Waals surface area contributed by atoms with Gasteiger partial charge in [0.1, 0.15) is 10.7 Å². The van der Waals surface area contributed by atoms with E-state index in [0.29, 0.717) is 30.5 Å². The van der Waals surface area contributed by atoms with Crippen molar-refractivity contribution in [3.8, 4) is 0 Å². The van der Waals surface area contributed by atoms with Crippen molar-refractivity contribution in [1.29, 1.82) is 0 Å². The van der Waals surface area contributed by atoms with Crippen molar-refractivity contribution in [2.45, 2.75) is 55.9 Å². The normalized spacial score (nSPS) is 24.0. The van der Waals surface area contributed by atoms with Gasteiger partial charge in [0.15, 0.2) is 0 Å². The average Bonchev–Trinajstić information content (AvgIpc) is 3.18. The van der Waals surface area contributed by atoms with Gasteiger partial charge in [0.2, 0.25) is 11.9 Å². The molecule has 4 heterocycles. The summed E-state index contributed by atoms with van der Waals surface area (Å²) < 4.78 is 12.7. The van der Waals surface area contributed by atoms with E-state index in [1.165, 1.54) is 11.1 Å². The molecule has 3 aliphatic rings. The fourth-order valence-electron chi connectivity index (χ4n) is 5.00. The van der Waals surface area contributed by atoms with Gasteiger partial charge < -0.3 is 15.1 Å². The van der Waals surface area contributed by atoms with Crippen LogP contribution in [0.15, 0.2) is 29.2 Å². The molecule has 7 nitrogen and oxygen atoms in total. The first-order valence-electron chi connectivity index (χ1n) is 11.6. The van der Waals surface area contributed by atoms with Crippen LogP contribution in [0.2, 0.25) is 0 Å². The summed E-state index contributed by atoms with van der Waals surface area (Å²) in [6, 6.07) is 9.02. The van der Waals surface area contributed by atoms with Crippen molar-refractivity contribution in [2.75, 3.05) is 42.7 Å². The lowest BCUT2D eigenvalue weighted by Crippen LogP contribution is -2.43. The second kappa shape index (κ2) is 8.81. The Bertz CT molecular complexity index is 1030. The first-order valence-corrected chi connectivity index (χ1v) is 12.9. The monoisotopic (exact) mass is 453 g/mol. The molecule has 0 aliphatic carbocycles. The molecule has 170 valence electrons. The fourth-order valence-corrected chi connectivity index (χ4v) is 6.31. The lowest BCUT2D eigenvalue weighted by molar-refractivity contribution is -0.132. The van der Waals surface area contributed by atoms with E-state index in [2.05, 4.69) is 41.4 Å². The van der Waals surface area contributed by atoms with Gasteiger partial charge in [0.05, 0.1) is 16.5 Å². The van der Waals surface area contributed by atoms with Gasteiger partial charge in [-0.15, -0.1) is 0 Å². The van der Waals surface area contributed by atoms with Gasteiger partial charge in [-0.1, -0.05) is 29.8 Å². The molecule has 1 aromatic heterocycles. The lowest BCUT2D eigenvalue weighted by atomic mass is 9.89. The number of anilines is 2. The number of hydrogen-bond donors (Lipinski definition) is 1. The number of aryl methyl sites for hydroxylation is 2. The number of likely N-dealkylation sites (N-methyl/N-ethyl adjacent to an activating group) is 1. The second-order valence-electron chi connectivity index (χ2n) is 9.27. The maximum atomic E-state index is 12.7. The van der Waals surface area contributed by atoms with Gasteiger partial charge in [0.25, 0.3) is 0 Å². The molecule has 0 saturated carbocycles.